The van der Waals surface area contributed by atoms with E-state index in [9.17, 15) is 18.0 Å². The Morgan fingerprint density at radius 3 is 2.46 bits per heavy atom. The first-order valence-corrected chi connectivity index (χ1v) is 9.23. The number of carbonyl (C=O) groups is 1. The molecule has 0 spiro atoms. The van der Waals surface area contributed by atoms with Crippen molar-refractivity contribution >= 4 is 5.91 Å². The Kier molecular flexibility index (Phi) is 6.70. The first-order valence-electron chi connectivity index (χ1n) is 9.23. The number of carbonyl (C=O) groups excluding carboxylic acids is 1. The van der Waals surface area contributed by atoms with Gasteiger partial charge in [0, 0.05) is 19.6 Å². The molecule has 0 bridgehead atoms. The highest BCUT2D eigenvalue weighted by Crippen LogP contribution is 2.29. The molecule has 0 aliphatic carbocycles. The summed E-state index contributed by atoms with van der Waals surface area (Å²) in [6.07, 6.45) is -4.50. The number of halogens is 3. The quantitative estimate of drug-likeness (QED) is 0.819. The van der Waals surface area contributed by atoms with Crippen molar-refractivity contribution in [2.24, 2.45) is 0 Å². The zero-order chi connectivity index (χ0) is 20.0. The van der Waals surface area contributed by atoms with E-state index in [2.05, 4.69) is 10.2 Å². The minimum Gasteiger partial charge on any atom is -0.379 e. The second-order valence-electron chi connectivity index (χ2n) is 6.75. The van der Waals surface area contributed by atoms with E-state index in [1.54, 1.807) is 0 Å². The van der Waals surface area contributed by atoms with Gasteiger partial charge < -0.3 is 10.1 Å². The lowest BCUT2D eigenvalue weighted by Gasteiger charge is -2.35. The molecule has 150 valence electrons. The lowest BCUT2D eigenvalue weighted by atomic mass is 10.0. The fraction of sp³-hybridized carbons (Fsp3) is 0.381. The predicted molar refractivity (Wildman–Crippen MR) is 99.7 cm³/mol. The number of hydrogen-bond donors (Lipinski definition) is 1. The van der Waals surface area contributed by atoms with Crippen LogP contribution in [0.4, 0.5) is 13.2 Å². The van der Waals surface area contributed by atoms with Crippen molar-refractivity contribution in [2.45, 2.75) is 18.6 Å². The van der Waals surface area contributed by atoms with Gasteiger partial charge in [-0.25, -0.2) is 0 Å². The fourth-order valence-electron chi connectivity index (χ4n) is 3.34. The molecule has 2 aromatic carbocycles. The third-order valence-electron chi connectivity index (χ3n) is 4.78. The van der Waals surface area contributed by atoms with Gasteiger partial charge in [-0.1, -0.05) is 48.5 Å². The normalized spacial score (nSPS) is 16.5. The Balaban J connectivity index is 1.64. The van der Waals surface area contributed by atoms with Gasteiger partial charge in [-0.05, 0) is 17.2 Å². The fourth-order valence-corrected chi connectivity index (χ4v) is 3.34. The third kappa shape index (κ3) is 5.56. The predicted octanol–water partition coefficient (Wildman–Crippen LogP) is 3.44. The standard InChI is InChI=1S/C21H23F3N2O2/c22-21(23,24)18-8-4-5-16(13-18)14-20(27)25-15-19(17-6-2-1-3-7-17)26-9-11-28-12-10-26/h1-8,13,19H,9-12,14-15H2,(H,25,27). The summed E-state index contributed by atoms with van der Waals surface area (Å²) in [5.41, 5.74) is 0.687. The van der Waals surface area contributed by atoms with Crippen LogP contribution in [0.2, 0.25) is 0 Å². The van der Waals surface area contributed by atoms with Crippen LogP contribution in [0, 0.1) is 0 Å². The third-order valence-corrected chi connectivity index (χ3v) is 4.78. The first-order chi connectivity index (χ1) is 13.4. The first kappa shape index (κ1) is 20.4. The Bertz CT molecular complexity index is 775. The van der Waals surface area contributed by atoms with Gasteiger partial charge in [0.25, 0.3) is 0 Å². The van der Waals surface area contributed by atoms with Crippen molar-refractivity contribution in [1.82, 2.24) is 10.2 Å². The highest BCUT2D eigenvalue weighted by Gasteiger charge is 2.30. The summed E-state index contributed by atoms with van der Waals surface area (Å²) in [5, 5.41) is 2.88. The van der Waals surface area contributed by atoms with E-state index in [-0.39, 0.29) is 18.4 Å². The monoisotopic (exact) mass is 392 g/mol. The van der Waals surface area contributed by atoms with E-state index >= 15 is 0 Å². The number of morpholine rings is 1. The Hall–Kier alpha value is -2.38. The van der Waals surface area contributed by atoms with Crippen LogP contribution in [0.3, 0.4) is 0 Å². The summed E-state index contributed by atoms with van der Waals surface area (Å²) in [4.78, 5) is 14.6. The second-order valence-corrected chi connectivity index (χ2v) is 6.75. The molecule has 1 unspecified atom stereocenters. The molecule has 1 amide bonds. The van der Waals surface area contributed by atoms with Gasteiger partial charge in [0.15, 0.2) is 0 Å². The van der Waals surface area contributed by atoms with E-state index in [1.807, 2.05) is 30.3 Å². The number of nitrogens with zero attached hydrogens (tertiary/aromatic N) is 1. The summed E-state index contributed by atoms with van der Waals surface area (Å²) in [7, 11) is 0. The van der Waals surface area contributed by atoms with Crippen molar-refractivity contribution in [3.05, 3.63) is 71.3 Å². The summed E-state index contributed by atoms with van der Waals surface area (Å²) < 4.78 is 43.9. The van der Waals surface area contributed by atoms with Crippen molar-refractivity contribution in [3.63, 3.8) is 0 Å². The SMILES string of the molecule is O=C(Cc1cccc(C(F)(F)F)c1)NCC(c1ccccc1)N1CCOCC1. The number of benzene rings is 2. The zero-order valence-electron chi connectivity index (χ0n) is 15.4. The van der Waals surface area contributed by atoms with Crippen molar-refractivity contribution in [1.29, 1.82) is 0 Å². The molecule has 1 N–H and O–H groups in total. The maximum Gasteiger partial charge on any atom is 0.416 e. The summed E-state index contributed by atoms with van der Waals surface area (Å²) in [5.74, 6) is -0.298. The molecule has 1 saturated heterocycles. The topological polar surface area (TPSA) is 41.6 Å². The summed E-state index contributed by atoms with van der Waals surface area (Å²) in [6.45, 7) is 3.21. The molecule has 3 rings (SSSR count). The number of alkyl halides is 3. The van der Waals surface area contributed by atoms with Crippen molar-refractivity contribution in [3.8, 4) is 0 Å². The average Bonchev–Trinajstić information content (AvgIpc) is 2.69. The molecule has 1 fully saturated rings. The van der Waals surface area contributed by atoms with Crippen LogP contribution in [0.5, 0.6) is 0 Å². The molecule has 28 heavy (non-hydrogen) atoms. The molecule has 1 atom stereocenters. The van der Waals surface area contributed by atoms with Crippen LogP contribution in [0.1, 0.15) is 22.7 Å². The van der Waals surface area contributed by atoms with Gasteiger partial charge in [0.2, 0.25) is 5.91 Å². The number of nitrogens with one attached hydrogen (secondary N) is 1. The van der Waals surface area contributed by atoms with Gasteiger partial charge in [-0.3, -0.25) is 9.69 Å². The van der Waals surface area contributed by atoms with Crippen LogP contribution in [-0.4, -0.2) is 43.7 Å². The highest BCUT2D eigenvalue weighted by atomic mass is 19.4. The van der Waals surface area contributed by atoms with Gasteiger partial charge in [0.05, 0.1) is 31.2 Å². The van der Waals surface area contributed by atoms with Crippen molar-refractivity contribution in [2.75, 3.05) is 32.8 Å². The van der Waals surface area contributed by atoms with E-state index in [0.29, 0.717) is 25.3 Å². The van der Waals surface area contributed by atoms with Crippen molar-refractivity contribution < 1.29 is 22.7 Å². The summed E-state index contributed by atoms with van der Waals surface area (Å²) in [6, 6.07) is 14.7. The molecule has 1 aliphatic rings. The van der Waals surface area contributed by atoms with Gasteiger partial charge >= 0.3 is 6.18 Å². The molecular formula is C21H23F3N2O2. The second kappa shape index (κ2) is 9.21. The lowest BCUT2D eigenvalue weighted by molar-refractivity contribution is -0.137. The minimum absolute atomic E-state index is 0.00411. The van der Waals surface area contributed by atoms with Crippen LogP contribution >= 0.6 is 0 Å². The van der Waals surface area contributed by atoms with E-state index in [0.717, 1.165) is 30.8 Å². The number of hydrogen-bond acceptors (Lipinski definition) is 3. The van der Waals surface area contributed by atoms with E-state index < -0.39 is 11.7 Å². The Morgan fingerprint density at radius 1 is 1.07 bits per heavy atom. The van der Waals surface area contributed by atoms with Crippen LogP contribution in [0.25, 0.3) is 0 Å². The molecule has 7 heteroatoms. The zero-order valence-corrected chi connectivity index (χ0v) is 15.4. The molecule has 2 aromatic rings. The van der Waals surface area contributed by atoms with Gasteiger partial charge in [0.1, 0.15) is 0 Å². The maximum atomic E-state index is 12.8. The van der Waals surface area contributed by atoms with E-state index in [1.165, 1.54) is 12.1 Å². The Labute approximate surface area is 162 Å². The lowest BCUT2D eigenvalue weighted by Crippen LogP contribution is -2.44. The van der Waals surface area contributed by atoms with Gasteiger partial charge in [-0.15, -0.1) is 0 Å². The molecule has 4 nitrogen and oxygen atoms in total. The summed E-state index contributed by atoms with van der Waals surface area (Å²) >= 11 is 0. The van der Waals surface area contributed by atoms with Gasteiger partial charge in [-0.2, -0.15) is 13.2 Å². The van der Waals surface area contributed by atoms with E-state index in [4.69, 9.17) is 4.74 Å². The van der Waals surface area contributed by atoms with Crippen LogP contribution in [-0.2, 0) is 22.1 Å². The highest BCUT2D eigenvalue weighted by molar-refractivity contribution is 5.78. The number of ether oxygens (including phenoxy) is 1. The molecule has 0 radical (unpaired) electrons. The minimum atomic E-state index is -4.42. The van der Waals surface area contributed by atoms with Crippen LogP contribution < -0.4 is 5.32 Å². The molecule has 1 aliphatic heterocycles. The number of amides is 1. The number of rotatable bonds is 6. The molecule has 0 aromatic heterocycles. The molecule has 1 heterocycles. The maximum absolute atomic E-state index is 12.8. The Morgan fingerprint density at radius 2 is 1.79 bits per heavy atom. The smallest absolute Gasteiger partial charge is 0.379 e. The average molecular weight is 392 g/mol. The largest absolute Gasteiger partial charge is 0.416 e. The van der Waals surface area contributed by atoms with Crippen LogP contribution in [0.15, 0.2) is 54.6 Å². The molecule has 0 saturated carbocycles. The molecular weight excluding hydrogens is 369 g/mol.